The minimum absolute atomic E-state index is 0.131. The number of hydrogen-bond acceptors (Lipinski definition) is 2. The SMILES string of the molecule is C=S(C1C=C(C(=P)N2CCN(c3ccc(C(F)(F)F)cc3)CC2)C(c2cc(F)c(F)c(F)c2)CC1)N(C)C. The van der Waals surface area contributed by atoms with E-state index in [1.54, 1.807) is 0 Å². The minimum atomic E-state index is -4.38. The van der Waals surface area contributed by atoms with E-state index in [4.69, 9.17) is 0 Å². The Hall–Kier alpha value is -2.13. The average molecular weight is 574 g/mol. The Morgan fingerprint density at radius 3 is 2.08 bits per heavy atom. The molecule has 1 saturated heterocycles. The fourth-order valence-corrected chi connectivity index (χ4v) is 6.70. The molecule has 11 heteroatoms. The monoisotopic (exact) mass is 573 g/mol. The van der Waals surface area contributed by atoms with Crippen LogP contribution in [0, 0.1) is 17.5 Å². The molecule has 0 spiro atoms. The van der Waals surface area contributed by atoms with Crippen LogP contribution in [0.2, 0.25) is 0 Å². The van der Waals surface area contributed by atoms with Gasteiger partial charge in [0.25, 0.3) is 0 Å². The number of halogens is 6. The maximum absolute atomic E-state index is 14.1. The number of piperazine rings is 1. The van der Waals surface area contributed by atoms with Crippen molar-refractivity contribution >= 4 is 36.5 Å². The third kappa shape index (κ3) is 6.19. The average Bonchev–Trinajstić information content (AvgIpc) is 2.90. The number of anilines is 1. The summed E-state index contributed by atoms with van der Waals surface area (Å²) in [6.07, 6.45) is -0.891. The number of rotatable bonds is 6. The quantitative estimate of drug-likeness (QED) is 0.168. The highest BCUT2D eigenvalue weighted by Gasteiger charge is 2.33. The Bertz CT molecular complexity index is 1210. The van der Waals surface area contributed by atoms with Crippen molar-refractivity contribution in [3.63, 3.8) is 0 Å². The summed E-state index contributed by atoms with van der Waals surface area (Å²) < 4.78 is 82.8. The summed E-state index contributed by atoms with van der Waals surface area (Å²) in [6, 6.07) is 7.26. The lowest BCUT2D eigenvalue weighted by molar-refractivity contribution is -0.137. The Morgan fingerprint density at radius 1 is 0.974 bits per heavy atom. The molecule has 0 N–H and O–H groups in total. The minimum Gasteiger partial charge on any atom is -0.369 e. The van der Waals surface area contributed by atoms with Crippen molar-refractivity contribution in [2.75, 3.05) is 45.2 Å². The van der Waals surface area contributed by atoms with E-state index in [0.29, 0.717) is 43.9 Å². The molecule has 38 heavy (non-hydrogen) atoms. The van der Waals surface area contributed by atoms with Crippen molar-refractivity contribution in [2.24, 2.45) is 0 Å². The Balaban J connectivity index is 1.55. The zero-order valence-electron chi connectivity index (χ0n) is 21.2. The molecular formula is C27H30F6N3PS. The Labute approximate surface area is 224 Å². The summed E-state index contributed by atoms with van der Waals surface area (Å²) in [5, 5.41) is 0.131. The third-order valence-corrected chi connectivity index (χ3v) is 9.75. The highest BCUT2D eigenvalue weighted by molar-refractivity contribution is 8.12. The molecule has 3 nitrogen and oxygen atoms in total. The van der Waals surface area contributed by atoms with E-state index in [-0.39, 0.29) is 21.8 Å². The lowest BCUT2D eigenvalue weighted by Crippen LogP contribution is -2.49. The van der Waals surface area contributed by atoms with Crippen molar-refractivity contribution < 1.29 is 26.3 Å². The summed E-state index contributed by atoms with van der Waals surface area (Å²) >= 11 is 0. The second-order valence-electron chi connectivity index (χ2n) is 9.67. The maximum atomic E-state index is 14.1. The van der Waals surface area contributed by atoms with Gasteiger partial charge < -0.3 is 4.90 Å². The van der Waals surface area contributed by atoms with Gasteiger partial charge in [0.15, 0.2) is 17.5 Å². The van der Waals surface area contributed by atoms with Gasteiger partial charge in [-0.15, -0.1) is 19.5 Å². The summed E-state index contributed by atoms with van der Waals surface area (Å²) in [7, 11) is 7.41. The first-order valence-electron chi connectivity index (χ1n) is 12.2. The number of alkyl halides is 3. The highest BCUT2D eigenvalue weighted by Crippen LogP contribution is 2.42. The van der Waals surface area contributed by atoms with Crippen molar-refractivity contribution in [3.05, 3.63) is 76.6 Å². The van der Waals surface area contributed by atoms with Crippen LogP contribution in [0.4, 0.5) is 32.0 Å². The number of nitrogens with zero attached hydrogens (tertiary/aromatic N) is 3. The third-order valence-electron chi connectivity index (χ3n) is 7.14. The van der Waals surface area contributed by atoms with Gasteiger partial charge in [-0.3, -0.25) is 9.21 Å². The second kappa shape index (κ2) is 11.5. The van der Waals surface area contributed by atoms with E-state index in [0.717, 1.165) is 41.7 Å². The van der Waals surface area contributed by atoms with Gasteiger partial charge in [0, 0.05) is 48.5 Å². The molecule has 1 fully saturated rings. The number of hydrogen-bond donors (Lipinski definition) is 0. The number of benzene rings is 2. The van der Waals surface area contributed by atoms with Crippen molar-refractivity contribution in [2.45, 2.75) is 30.2 Å². The predicted molar refractivity (Wildman–Crippen MR) is 147 cm³/mol. The van der Waals surface area contributed by atoms with Crippen LogP contribution in [0.3, 0.4) is 0 Å². The smallest absolute Gasteiger partial charge is 0.369 e. The molecule has 3 atom stereocenters. The molecular weight excluding hydrogens is 543 g/mol. The van der Waals surface area contributed by atoms with E-state index in [1.807, 2.05) is 23.3 Å². The van der Waals surface area contributed by atoms with Gasteiger partial charge in [0.1, 0.15) is 0 Å². The highest BCUT2D eigenvalue weighted by atomic mass is 32.2. The molecule has 0 aromatic heterocycles. The summed E-state index contributed by atoms with van der Waals surface area (Å²) in [4.78, 5) is 4.14. The Kier molecular flexibility index (Phi) is 8.77. The fourth-order valence-electron chi connectivity index (χ4n) is 4.97. The zero-order valence-corrected chi connectivity index (χ0v) is 23.0. The van der Waals surface area contributed by atoms with Crippen LogP contribution in [-0.4, -0.2) is 66.0 Å². The van der Waals surface area contributed by atoms with Gasteiger partial charge in [0.2, 0.25) is 0 Å². The van der Waals surface area contributed by atoms with E-state index in [1.165, 1.54) is 12.1 Å². The molecule has 0 saturated carbocycles. The first-order chi connectivity index (χ1) is 17.9. The second-order valence-corrected chi connectivity index (χ2v) is 12.3. The fraction of sp³-hybridized carbons (Fsp3) is 0.407. The lowest BCUT2D eigenvalue weighted by Gasteiger charge is -2.40. The molecule has 2 aromatic rings. The predicted octanol–water partition coefficient (Wildman–Crippen LogP) is 6.57. The molecule has 4 rings (SSSR count). The molecule has 0 bridgehead atoms. The topological polar surface area (TPSA) is 9.72 Å². The molecule has 2 aromatic carbocycles. The zero-order chi connectivity index (χ0) is 27.8. The summed E-state index contributed by atoms with van der Waals surface area (Å²) in [5.74, 6) is 0.0408. The van der Waals surface area contributed by atoms with Crippen molar-refractivity contribution in [1.82, 2.24) is 9.21 Å². The van der Waals surface area contributed by atoms with Crippen LogP contribution < -0.4 is 4.90 Å². The van der Waals surface area contributed by atoms with Gasteiger partial charge >= 0.3 is 6.18 Å². The molecule has 0 amide bonds. The van der Waals surface area contributed by atoms with Gasteiger partial charge in [-0.1, -0.05) is 11.9 Å². The standard InChI is InChI=1S/C27H30F6N3PS/c1-34(2)38(3)20-8-9-21(17-14-23(28)25(30)24(29)15-17)22(16-20)26(37)36-12-10-35(11-13-36)19-6-4-18(5-7-19)27(31,32)33/h4-7,14-16,20-21,37H,3,8-13H2,1-2H3. The molecule has 1 heterocycles. The van der Waals surface area contributed by atoms with E-state index < -0.39 is 29.2 Å². The van der Waals surface area contributed by atoms with Crippen molar-refractivity contribution in [3.8, 4) is 0 Å². The lowest BCUT2D eigenvalue weighted by atomic mass is 9.81. The van der Waals surface area contributed by atoms with Gasteiger partial charge in [-0.2, -0.15) is 13.2 Å². The first-order valence-corrected chi connectivity index (χ1v) is 14.1. The van der Waals surface area contributed by atoms with Gasteiger partial charge in [-0.25, -0.2) is 13.2 Å². The maximum Gasteiger partial charge on any atom is 0.416 e. The van der Waals surface area contributed by atoms with Gasteiger partial charge in [-0.05, 0) is 74.5 Å². The van der Waals surface area contributed by atoms with Gasteiger partial charge in [0.05, 0.1) is 5.56 Å². The molecule has 3 unspecified atom stereocenters. The van der Waals surface area contributed by atoms with E-state index in [9.17, 15) is 26.3 Å². The van der Waals surface area contributed by atoms with E-state index >= 15 is 0 Å². The summed E-state index contributed by atoms with van der Waals surface area (Å²) in [6.45, 7) is 2.34. The van der Waals surface area contributed by atoms with E-state index in [2.05, 4.69) is 25.7 Å². The van der Waals surface area contributed by atoms with Crippen LogP contribution in [0.1, 0.15) is 29.9 Å². The molecule has 0 radical (unpaired) electrons. The Morgan fingerprint density at radius 2 is 1.55 bits per heavy atom. The molecule has 206 valence electrons. The first kappa shape index (κ1) is 28.9. The molecule has 1 aliphatic heterocycles. The van der Waals surface area contributed by atoms with Crippen LogP contribution >= 0.6 is 19.5 Å². The largest absolute Gasteiger partial charge is 0.416 e. The normalized spacial score (nSPS) is 21.9. The van der Waals surface area contributed by atoms with Crippen LogP contribution in [-0.2, 0) is 6.18 Å². The van der Waals surface area contributed by atoms with Crippen LogP contribution in [0.15, 0.2) is 48.0 Å². The molecule has 2 aliphatic rings. The van der Waals surface area contributed by atoms with Crippen LogP contribution in [0.25, 0.3) is 0 Å². The molecule has 1 aliphatic carbocycles. The van der Waals surface area contributed by atoms with Crippen LogP contribution in [0.5, 0.6) is 0 Å². The van der Waals surface area contributed by atoms with Crippen molar-refractivity contribution in [1.29, 1.82) is 0 Å². The summed E-state index contributed by atoms with van der Waals surface area (Å²) in [5.41, 5.74) is 2.06.